The largest absolute Gasteiger partial charge is 0.495 e. The number of hydrogen-bond acceptors (Lipinski definition) is 5. The van der Waals surface area contributed by atoms with Gasteiger partial charge < -0.3 is 19.5 Å². The summed E-state index contributed by atoms with van der Waals surface area (Å²) in [7, 11) is 3.41. The van der Waals surface area contributed by atoms with Crippen molar-refractivity contribution in [2.45, 2.75) is 13.0 Å². The van der Waals surface area contributed by atoms with Crippen LogP contribution in [-0.2, 0) is 4.79 Å². The molecular formula is C20H23ClN2O4. The number of aryl methyl sites for hydroxylation is 1. The van der Waals surface area contributed by atoms with Crippen molar-refractivity contribution in [3.63, 3.8) is 0 Å². The Bertz CT molecular complexity index is 828. The lowest BCUT2D eigenvalue weighted by molar-refractivity contribution is -0.117. The molecule has 1 atom stereocenters. The van der Waals surface area contributed by atoms with E-state index >= 15 is 0 Å². The molecule has 0 aliphatic carbocycles. The van der Waals surface area contributed by atoms with Crippen molar-refractivity contribution in [1.82, 2.24) is 4.90 Å². The van der Waals surface area contributed by atoms with Crippen LogP contribution >= 0.6 is 11.6 Å². The first-order valence-corrected chi connectivity index (χ1v) is 9.05. The number of para-hydroxylation sites is 2. The lowest BCUT2D eigenvalue weighted by Gasteiger charge is -2.29. The van der Waals surface area contributed by atoms with E-state index in [0.717, 1.165) is 17.1 Å². The summed E-state index contributed by atoms with van der Waals surface area (Å²) in [6.45, 7) is 3.11. The fourth-order valence-corrected chi connectivity index (χ4v) is 3.08. The zero-order valence-corrected chi connectivity index (χ0v) is 16.4. The van der Waals surface area contributed by atoms with E-state index in [-0.39, 0.29) is 18.6 Å². The summed E-state index contributed by atoms with van der Waals surface area (Å²) in [6.07, 6.45) is -0.134. The molecule has 1 aliphatic heterocycles. The quantitative estimate of drug-likeness (QED) is 0.819. The number of ether oxygens (including phenoxy) is 3. The molecule has 144 valence electrons. The second kappa shape index (κ2) is 8.50. The lowest BCUT2D eigenvalue weighted by atomic mass is 10.2. The van der Waals surface area contributed by atoms with Gasteiger partial charge in [0.2, 0.25) is 5.91 Å². The van der Waals surface area contributed by atoms with Gasteiger partial charge in [0.05, 0.1) is 19.3 Å². The predicted octanol–water partition coefficient (Wildman–Crippen LogP) is 3.37. The molecule has 1 aliphatic rings. The summed E-state index contributed by atoms with van der Waals surface area (Å²) < 4.78 is 16.9. The molecule has 1 amide bonds. The number of amides is 1. The number of halogens is 1. The van der Waals surface area contributed by atoms with Gasteiger partial charge in [-0.15, -0.1) is 0 Å². The molecule has 0 aromatic heterocycles. The number of anilines is 1. The van der Waals surface area contributed by atoms with Crippen LogP contribution in [0.3, 0.4) is 0 Å². The highest BCUT2D eigenvalue weighted by molar-refractivity contribution is 6.31. The average Bonchev–Trinajstić information content (AvgIpc) is 2.64. The van der Waals surface area contributed by atoms with Crippen molar-refractivity contribution in [2.24, 2.45) is 0 Å². The Balaban J connectivity index is 1.55. The lowest BCUT2D eigenvalue weighted by Crippen LogP contribution is -2.42. The molecule has 1 N–H and O–H groups in total. The molecule has 1 heterocycles. The van der Waals surface area contributed by atoms with E-state index in [1.807, 2.05) is 43.1 Å². The number of carbonyl (C=O) groups excluding carboxylic acids is 1. The molecule has 2 aromatic carbocycles. The minimum atomic E-state index is -0.144. The van der Waals surface area contributed by atoms with Crippen LogP contribution in [0.15, 0.2) is 36.4 Å². The smallest absolute Gasteiger partial charge is 0.238 e. The Morgan fingerprint density at radius 1 is 1.33 bits per heavy atom. The normalized spacial score (nSPS) is 15.5. The molecule has 0 bridgehead atoms. The van der Waals surface area contributed by atoms with Gasteiger partial charge in [-0.1, -0.05) is 23.7 Å². The fourth-order valence-electron chi connectivity index (χ4n) is 2.93. The van der Waals surface area contributed by atoms with E-state index in [2.05, 4.69) is 5.32 Å². The number of nitrogens with zero attached hydrogens (tertiary/aromatic N) is 1. The third kappa shape index (κ3) is 4.84. The van der Waals surface area contributed by atoms with Gasteiger partial charge in [-0.25, -0.2) is 0 Å². The molecule has 0 unspecified atom stereocenters. The van der Waals surface area contributed by atoms with Crippen LogP contribution < -0.4 is 19.5 Å². The average molecular weight is 391 g/mol. The zero-order chi connectivity index (χ0) is 19.4. The van der Waals surface area contributed by atoms with Gasteiger partial charge in [0, 0.05) is 17.6 Å². The number of methoxy groups -OCH3 is 1. The van der Waals surface area contributed by atoms with Gasteiger partial charge >= 0.3 is 0 Å². The topological polar surface area (TPSA) is 60.0 Å². The summed E-state index contributed by atoms with van der Waals surface area (Å²) >= 11 is 6.10. The molecule has 6 nitrogen and oxygen atoms in total. The zero-order valence-electron chi connectivity index (χ0n) is 15.6. The standard InChI is InChI=1S/C20H23ClN2O4/c1-13-8-16(19(25-3)9-15(13)21)22-20(24)11-23(2)10-14-12-26-17-6-4-5-7-18(17)27-14/h4-9,14H,10-12H2,1-3H3,(H,22,24)/t14-/m0/s1. The van der Waals surface area contributed by atoms with E-state index in [1.54, 1.807) is 19.2 Å². The number of nitrogens with one attached hydrogen (secondary N) is 1. The summed E-state index contributed by atoms with van der Waals surface area (Å²) in [5.41, 5.74) is 1.47. The van der Waals surface area contributed by atoms with E-state index in [1.165, 1.54) is 0 Å². The maximum atomic E-state index is 12.4. The van der Waals surface area contributed by atoms with Crippen LogP contribution in [0, 0.1) is 6.92 Å². The molecule has 27 heavy (non-hydrogen) atoms. The van der Waals surface area contributed by atoms with Crippen molar-refractivity contribution >= 4 is 23.2 Å². The Morgan fingerprint density at radius 3 is 2.81 bits per heavy atom. The third-order valence-electron chi connectivity index (χ3n) is 4.25. The monoisotopic (exact) mass is 390 g/mol. The summed E-state index contributed by atoms with van der Waals surface area (Å²) in [6, 6.07) is 11.1. The van der Waals surface area contributed by atoms with Crippen LogP contribution in [0.4, 0.5) is 5.69 Å². The van der Waals surface area contributed by atoms with Gasteiger partial charge in [-0.2, -0.15) is 0 Å². The van der Waals surface area contributed by atoms with E-state index in [0.29, 0.717) is 29.6 Å². The summed E-state index contributed by atoms with van der Waals surface area (Å²) in [4.78, 5) is 14.3. The Morgan fingerprint density at radius 2 is 2.07 bits per heavy atom. The third-order valence-corrected chi connectivity index (χ3v) is 4.66. The Labute approximate surface area is 164 Å². The number of benzene rings is 2. The molecule has 0 saturated carbocycles. The van der Waals surface area contributed by atoms with Crippen LogP contribution in [-0.4, -0.2) is 50.8 Å². The van der Waals surface area contributed by atoms with Gasteiger partial charge in [0.1, 0.15) is 18.5 Å². The number of rotatable bonds is 6. The molecule has 3 rings (SSSR count). The minimum absolute atomic E-state index is 0.134. The van der Waals surface area contributed by atoms with Crippen LogP contribution in [0.5, 0.6) is 17.2 Å². The van der Waals surface area contributed by atoms with Gasteiger partial charge in [-0.3, -0.25) is 9.69 Å². The highest BCUT2D eigenvalue weighted by atomic mass is 35.5. The first-order chi connectivity index (χ1) is 13.0. The second-order valence-corrected chi connectivity index (χ2v) is 6.95. The van der Waals surface area contributed by atoms with Gasteiger partial charge in [-0.05, 0) is 37.7 Å². The molecule has 7 heteroatoms. The molecule has 2 aromatic rings. The van der Waals surface area contributed by atoms with Crippen molar-refractivity contribution in [3.8, 4) is 17.2 Å². The Kier molecular flexibility index (Phi) is 6.08. The molecule has 0 saturated heterocycles. The maximum Gasteiger partial charge on any atom is 0.238 e. The molecular weight excluding hydrogens is 368 g/mol. The fraction of sp³-hybridized carbons (Fsp3) is 0.350. The van der Waals surface area contributed by atoms with Crippen molar-refractivity contribution in [3.05, 3.63) is 47.0 Å². The van der Waals surface area contributed by atoms with Crippen LogP contribution in [0.25, 0.3) is 0 Å². The van der Waals surface area contributed by atoms with Crippen molar-refractivity contribution in [1.29, 1.82) is 0 Å². The maximum absolute atomic E-state index is 12.4. The van der Waals surface area contributed by atoms with E-state index in [4.69, 9.17) is 25.8 Å². The molecule has 0 radical (unpaired) electrons. The first-order valence-electron chi connectivity index (χ1n) is 8.67. The minimum Gasteiger partial charge on any atom is -0.495 e. The Hall–Kier alpha value is -2.44. The first kappa shape index (κ1) is 19.3. The van der Waals surface area contributed by atoms with Gasteiger partial charge in [0.15, 0.2) is 11.5 Å². The number of carbonyl (C=O) groups is 1. The van der Waals surface area contributed by atoms with Crippen LogP contribution in [0.2, 0.25) is 5.02 Å². The highest BCUT2D eigenvalue weighted by Crippen LogP contribution is 2.32. The number of hydrogen-bond donors (Lipinski definition) is 1. The number of fused-ring (bicyclic) bond motifs is 1. The molecule has 0 fully saturated rings. The van der Waals surface area contributed by atoms with E-state index < -0.39 is 0 Å². The number of likely N-dealkylation sites (N-methyl/N-ethyl adjacent to an activating group) is 1. The van der Waals surface area contributed by atoms with Crippen molar-refractivity contribution < 1.29 is 19.0 Å². The van der Waals surface area contributed by atoms with E-state index in [9.17, 15) is 4.79 Å². The summed E-state index contributed by atoms with van der Waals surface area (Å²) in [5.74, 6) is 1.87. The SMILES string of the molecule is COc1cc(Cl)c(C)cc1NC(=O)CN(C)C[C@H]1COc2ccccc2O1. The van der Waals surface area contributed by atoms with Crippen LogP contribution in [0.1, 0.15) is 5.56 Å². The highest BCUT2D eigenvalue weighted by Gasteiger charge is 2.22. The predicted molar refractivity (Wildman–Crippen MR) is 105 cm³/mol. The second-order valence-electron chi connectivity index (χ2n) is 6.54. The molecule has 0 spiro atoms. The van der Waals surface area contributed by atoms with Gasteiger partial charge in [0.25, 0.3) is 0 Å². The van der Waals surface area contributed by atoms with Crippen molar-refractivity contribution in [2.75, 3.05) is 39.2 Å². The summed E-state index contributed by atoms with van der Waals surface area (Å²) in [5, 5.41) is 3.47.